The van der Waals surface area contributed by atoms with Gasteiger partial charge in [0.05, 0.1) is 0 Å². The van der Waals surface area contributed by atoms with Gasteiger partial charge in [-0.1, -0.05) is 6.42 Å². The highest BCUT2D eigenvalue weighted by Crippen LogP contribution is 2.11. The number of nitrogens with one attached hydrogen (secondary N) is 1. The average molecular weight is 239 g/mol. The van der Waals surface area contributed by atoms with Crippen LogP contribution >= 0.6 is 0 Å². The summed E-state index contributed by atoms with van der Waals surface area (Å²) < 4.78 is 0. The first kappa shape index (κ1) is 13.3. The lowest BCUT2D eigenvalue weighted by molar-refractivity contribution is 0.176. The molecule has 0 bridgehead atoms. The molecule has 2 aliphatic rings. The van der Waals surface area contributed by atoms with Gasteiger partial charge < -0.3 is 15.1 Å². The second-order valence-corrected chi connectivity index (χ2v) is 5.74. The standard InChI is InChI=1S/C14H29N3/c1-16(14-7-5-8-15-13-14)9-6-12-17-10-3-2-4-11-17/h14-15H,2-13H2,1H3/t14-/m0/s1. The Morgan fingerprint density at radius 2 is 2.00 bits per heavy atom. The Hall–Kier alpha value is -0.120. The maximum atomic E-state index is 3.50. The molecule has 3 heteroatoms. The van der Waals surface area contributed by atoms with Gasteiger partial charge in [0.15, 0.2) is 0 Å². The molecule has 0 unspecified atom stereocenters. The Kier molecular flexibility index (Phi) is 5.75. The summed E-state index contributed by atoms with van der Waals surface area (Å²) >= 11 is 0. The molecule has 17 heavy (non-hydrogen) atoms. The maximum Gasteiger partial charge on any atom is 0.0218 e. The minimum atomic E-state index is 0.783. The van der Waals surface area contributed by atoms with Crippen molar-refractivity contribution < 1.29 is 0 Å². The number of hydrogen-bond donors (Lipinski definition) is 1. The molecule has 0 aromatic rings. The van der Waals surface area contributed by atoms with E-state index in [-0.39, 0.29) is 0 Å². The third kappa shape index (κ3) is 4.57. The highest BCUT2D eigenvalue weighted by molar-refractivity contribution is 4.76. The molecule has 2 aliphatic heterocycles. The lowest BCUT2D eigenvalue weighted by Crippen LogP contribution is -2.45. The Bertz CT molecular complexity index is 196. The normalized spacial score (nSPS) is 27.5. The molecule has 0 radical (unpaired) electrons. The zero-order valence-electron chi connectivity index (χ0n) is 11.5. The first-order valence-electron chi connectivity index (χ1n) is 7.49. The molecule has 100 valence electrons. The van der Waals surface area contributed by atoms with Crippen molar-refractivity contribution in [1.82, 2.24) is 15.1 Å². The molecule has 0 aromatic heterocycles. The van der Waals surface area contributed by atoms with Crippen LogP contribution in [0.15, 0.2) is 0 Å². The minimum Gasteiger partial charge on any atom is -0.315 e. The van der Waals surface area contributed by atoms with Gasteiger partial charge in [-0.05, 0) is 71.9 Å². The molecule has 0 amide bonds. The van der Waals surface area contributed by atoms with Crippen molar-refractivity contribution in [2.45, 2.75) is 44.6 Å². The molecule has 0 aromatic carbocycles. The van der Waals surface area contributed by atoms with Gasteiger partial charge in [0.2, 0.25) is 0 Å². The molecule has 2 saturated heterocycles. The zero-order valence-corrected chi connectivity index (χ0v) is 11.5. The molecule has 0 saturated carbocycles. The van der Waals surface area contributed by atoms with Gasteiger partial charge >= 0.3 is 0 Å². The SMILES string of the molecule is CN(CCCN1CCCCC1)[C@H]1CCCNC1. The Balaban J connectivity index is 1.57. The van der Waals surface area contributed by atoms with Crippen LogP contribution in [0.1, 0.15) is 38.5 Å². The van der Waals surface area contributed by atoms with Crippen molar-refractivity contribution in [3.05, 3.63) is 0 Å². The third-order valence-corrected chi connectivity index (χ3v) is 4.33. The fourth-order valence-corrected chi connectivity index (χ4v) is 3.12. The molecule has 1 N–H and O–H groups in total. The molecular formula is C14H29N3. The summed E-state index contributed by atoms with van der Waals surface area (Å²) in [6, 6.07) is 0.783. The lowest BCUT2D eigenvalue weighted by atomic mass is 10.1. The smallest absolute Gasteiger partial charge is 0.0218 e. The zero-order chi connectivity index (χ0) is 11.9. The van der Waals surface area contributed by atoms with Crippen LogP contribution < -0.4 is 5.32 Å². The average Bonchev–Trinajstić information content (AvgIpc) is 2.41. The number of hydrogen-bond acceptors (Lipinski definition) is 3. The van der Waals surface area contributed by atoms with Gasteiger partial charge in [-0.3, -0.25) is 0 Å². The summed E-state index contributed by atoms with van der Waals surface area (Å²) in [6.07, 6.45) is 8.36. The van der Waals surface area contributed by atoms with Crippen molar-refractivity contribution in [1.29, 1.82) is 0 Å². The molecule has 3 nitrogen and oxygen atoms in total. The quantitative estimate of drug-likeness (QED) is 0.785. The van der Waals surface area contributed by atoms with Crippen LogP contribution in [0.5, 0.6) is 0 Å². The number of rotatable bonds is 5. The van der Waals surface area contributed by atoms with E-state index in [2.05, 4.69) is 22.2 Å². The summed E-state index contributed by atoms with van der Waals surface area (Å²) in [5.74, 6) is 0. The molecule has 2 fully saturated rings. The monoisotopic (exact) mass is 239 g/mol. The summed E-state index contributed by atoms with van der Waals surface area (Å²) in [7, 11) is 2.30. The summed E-state index contributed by atoms with van der Waals surface area (Å²) in [5.41, 5.74) is 0. The minimum absolute atomic E-state index is 0.783. The third-order valence-electron chi connectivity index (χ3n) is 4.33. The van der Waals surface area contributed by atoms with Crippen molar-refractivity contribution in [2.24, 2.45) is 0 Å². The van der Waals surface area contributed by atoms with E-state index in [1.807, 2.05) is 0 Å². The first-order chi connectivity index (χ1) is 8.36. The molecule has 2 rings (SSSR count). The molecular weight excluding hydrogens is 210 g/mol. The van der Waals surface area contributed by atoms with Gasteiger partial charge in [-0.2, -0.15) is 0 Å². The van der Waals surface area contributed by atoms with E-state index in [1.54, 1.807) is 0 Å². The number of likely N-dealkylation sites (N-methyl/N-ethyl adjacent to an activating group) is 1. The van der Waals surface area contributed by atoms with E-state index in [9.17, 15) is 0 Å². The van der Waals surface area contributed by atoms with Gasteiger partial charge in [-0.15, -0.1) is 0 Å². The van der Waals surface area contributed by atoms with Crippen LogP contribution in [-0.4, -0.2) is 62.2 Å². The Labute approximate surface area is 107 Å². The largest absolute Gasteiger partial charge is 0.315 e. The predicted octanol–water partition coefficient (Wildman–Crippen LogP) is 1.55. The van der Waals surface area contributed by atoms with Gasteiger partial charge in [0, 0.05) is 12.6 Å². The van der Waals surface area contributed by atoms with Crippen LogP contribution in [0.25, 0.3) is 0 Å². The van der Waals surface area contributed by atoms with E-state index in [0.717, 1.165) is 6.04 Å². The number of piperidine rings is 2. The highest BCUT2D eigenvalue weighted by Gasteiger charge is 2.17. The fraction of sp³-hybridized carbons (Fsp3) is 1.00. The Morgan fingerprint density at radius 3 is 2.71 bits per heavy atom. The van der Waals surface area contributed by atoms with Crippen LogP contribution in [0.4, 0.5) is 0 Å². The maximum absolute atomic E-state index is 3.50. The van der Waals surface area contributed by atoms with Gasteiger partial charge in [0.1, 0.15) is 0 Å². The predicted molar refractivity (Wildman–Crippen MR) is 73.4 cm³/mol. The molecule has 1 atom stereocenters. The lowest BCUT2D eigenvalue weighted by Gasteiger charge is -2.32. The second-order valence-electron chi connectivity index (χ2n) is 5.74. The van der Waals surface area contributed by atoms with E-state index < -0.39 is 0 Å². The van der Waals surface area contributed by atoms with Crippen LogP contribution in [0.3, 0.4) is 0 Å². The van der Waals surface area contributed by atoms with Crippen LogP contribution in [0, 0.1) is 0 Å². The summed E-state index contributed by atoms with van der Waals surface area (Å²) in [6.45, 7) is 7.68. The molecule has 0 aliphatic carbocycles. The highest BCUT2D eigenvalue weighted by atomic mass is 15.2. The topological polar surface area (TPSA) is 18.5 Å². The van der Waals surface area contributed by atoms with Gasteiger partial charge in [0.25, 0.3) is 0 Å². The van der Waals surface area contributed by atoms with Crippen molar-refractivity contribution in [3.63, 3.8) is 0 Å². The van der Waals surface area contributed by atoms with E-state index in [0.29, 0.717) is 0 Å². The summed E-state index contributed by atoms with van der Waals surface area (Å²) in [5, 5.41) is 3.50. The molecule has 0 spiro atoms. The summed E-state index contributed by atoms with van der Waals surface area (Å²) in [4.78, 5) is 5.21. The van der Waals surface area contributed by atoms with Crippen molar-refractivity contribution in [2.75, 3.05) is 46.3 Å². The first-order valence-corrected chi connectivity index (χ1v) is 7.49. The number of nitrogens with zero attached hydrogens (tertiary/aromatic N) is 2. The second kappa shape index (κ2) is 7.34. The van der Waals surface area contributed by atoms with Crippen LogP contribution in [0.2, 0.25) is 0 Å². The van der Waals surface area contributed by atoms with Crippen LogP contribution in [-0.2, 0) is 0 Å². The fourth-order valence-electron chi connectivity index (χ4n) is 3.12. The molecule has 2 heterocycles. The van der Waals surface area contributed by atoms with E-state index >= 15 is 0 Å². The Morgan fingerprint density at radius 1 is 1.18 bits per heavy atom. The number of likely N-dealkylation sites (tertiary alicyclic amines) is 1. The van der Waals surface area contributed by atoms with Crippen molar-refractivity contribution >= 4 is 0 Å². The van der Waals surface area contributed by atoms with Gasteiger partial charge in [-0.25, -0.2) is 0 Å². The van der Waals surface area contributed by atoms with Crippen molar-refractivity contribution in [3.8, 4) is 0 Å². The van der Waals surface area contributed by atoms with E-state index in [1.165, 1.54) is 77.8 Å². The van der Waals surface area contributed by atoms with E-state index in [4.69, 9.17) is 0 Å².